The Kier molecular flexibility index (Phi) is 15.8. The van der Waals surface area contributed by atoms with Gasteiger partial charge in [0.1, 0.15) is 0 Å². The summed E-state index contributed by atoms with van der Waals surface area (Å²) in [6.45, 7) is 0. The van der Waals surface area contributed by atoms with E-state index in [2.05, 4.69) is 0 Å². The molecule has 0 radical (unpaired) electrons. The molecule has 0 bridgehead atoms. The quantitative estimate of drug-likeness (QED) is 0.279. The molecule has 38 valence electrons. The zero-order valence-electron chi connectivity index (χ0n) is 3.84. The molecule has 0 saturated heterocycles. The van der Waals surface area contributed by atoms with E-state index < -0.39 is 11.9 Å². The van der Waals surface area contributed by atoms with Gasteiger partial charge in [0.2, 0.25) is 0 Å². The minimum absolute atomic E-state index is 0. The van der Waals surface area contributed by atoms with E-state index >= 15 is 0 Å². The van der Waals surface area contributed by atoms with Crippen LogP contribution < -0.4 is 10.2 Å². The summed E-state index contributed by atoms with van der Waals surface area (Å²) in [5.74, 6) is -4.37. The molecule has 0 rings (SSSR count). The summed E-state index contributed by atoms with van der Waals surface area (Å²) in [7, 11) is 0. The van der Waals surface area contributed by atoms with Crippen molar-refractivity contribution in [2.75, 3.05) is 0 Å². The van der Waals surface area contributed by atoms with Gasteiger partial charge >= 0.3 is 37.7 Å². The smallest absolute Gasteiger partial charge is 0.543 e. The molecule has 0 spiro atoms. The SMILES string of the molecule is O=C([O-])C(=O)[O-].[Ca+2].[Ti]. The molecule has 4 nitrogen and oxygen atoms in total. The Morgan fingerprint density at radius 2 is 1.12 bits per heavy atom. The van der Waals surface area contributed by atoms with Gasteiger partial charge in [0.05, 0.1) is 11.9 Å². The number of rotatable bonds is 0. The van der Waals surface area contributed by atoms with Crippen LogP contribution in [0.25, 0.3) is 0 Å². The number of carboxylic acid groups (broad SMARTS) is 2. The van der Waals surface area contributed by atoms with Crippen molar-refractivity contribution in [3.05, 3.63) is 0 Å². The Labute approximate surface area is 90.1 Å². The molecule has 0 atom stereocenters. The average molecular weight is 176 g/mol. The first-order chi connectivity index (χ1) is 2.64. The van der Waals surface area contributed by atoms with Crippen LogP contribution in [0.5, 0.6) is 0 Å². The maximum Gasteiger partial charge on any atom is 2.00 e. The summed E-state index contributed by atoms with van der Waals surface area (Å²) in [6.07, 6.45) is 0. The summed E-state index contributed by atoms with van der Waals surface area (Å²) in [4.78, 5) is 17.9. The average Bonchev–Trinajstić information content (AvgIpc) is 1.36. The molecule has 6 heteroatoms. The van der Waals surface area contributed by atoms with E-state index in [-0.39, 0.29) is 59.5 Å². The molecular weight excluding hydrogens is 176 g/mol. The van der Waals surface area contributed by atoms with Crippen LogP contribution in [0, 0.1) is 0 Å². The van der Waals surface area contributed by atoms with Crippen LogP contribution in [-0.2, 0) is 31.3 Å². The van der Waals surface area contributed by atoms with E-state index in [1.807, 2.05) is 0 Å². The van der Waals surface area contributed by atoms with E-state index in [4.69, 9.17) is 19.8 Å². The molecule has 0 aliphatic rings. The number of hydrogen-bond donors (Lipinski definition) is 0. The molecule has 0 aromatic rings. The third-order valence-electron chi connectivity index (χ3n) is 0.167. The molecule has 0 aromatic carbocycles. The van der Waals surface area contributed by atoms with Crippen LogP contribution in [0.1, 0.15) is 0 Å². The van der Waals surface area contributed by atoms with Gasteiger partial charge in [0.25, 0.3) is 0 Å². The molecule has 0 aliphatic carbocycles. The zero-order valence-corrected chi connectivity index (χ0v) is 7.61. The van der Waals surface area contributed by atoms with Crippen molar-refractivity contribution in [2.24, 2.45) is 0 Å². The molecule has 0 N–H and O–H groups in total. The largest absolute Gasteiger partial charge is 2.00 e. The fourth-order valence-corrected chi connectivity index (χ4v) is 0. The van der Waals surface area contributed by atoms with Crippen LogP contribution in [0.4, 0.5) is 0 Å². The summed E-state index contributed by atoms with van der Waals surface area (Å²) in [5.41, 5.74) is 0. The standard InChI is InChI=1S/C2H2O4.Ca.Ti/c3-1(4)2(5)6;;/h(H,3,4)(H,5,6);;/q;+2;/p-2. The molecule has 0 unspecified atom stereocenters. The molecule has 0 fully saturated rings. The summed E-state index contributed by atoms with van der Waals surface area (Å²) in [5, 5.41) is 17.9. The van der Waals surface area contributed by atoms with Gasteiger partial charge in [-0.25, -0.2) is 0 Å². The van der Waals surface area contributed by atoms with Crippen molar-refractivity contribution in [3.63, 3.8) is 0 Å². The van der Waals surface area contributed by atoms with Crippen LogP contribution in [-0.4, -0.2) is 49.7 Å². The van der Waals surface area contributed by atoms with E-state index in [0.717, 1.165) is 0 Å². The minimum atomic E-state index is -2.19. The Bertz CT molecular complexity index is 80.0. The number of carbonyl (C=O) groups is 2. The monoisotopic (exact) mass is 176 g/mol. The molecule has 0 saturated carbocycles. The predicted octanol–water partition coefficient (Wildman–Crippen LogP) is -3.90. The Balaban J connectivity index is -0.000000125. The molecule has 0 heterocycles. The van der Waals surface area contributed by atoms with E-state index in [0.29, 0.717) is 0 Å². The van der Waals surface area contributed by atoms with E-state index in [1.165, 1.54) is 0 Å². The van der Waals surface area contributed by atoms with Gasteiger partial charge < -0.3 is 19.8 Å². The summed E-state index contributed by atoms with van der Waals surface area (Å²) < 4.78 is 0. The fraction of sp³-hybridized carbons (Fsp3) is 0. The van der Waals surface area contributed by atoms with Gasteiger partial charge in [0.15, 0.2) is 0 Å². The van der Waals surface area contributed by atoms with Crippen LogP contribution in [0.3, 0.4) is 0 Å². The molecule has 0 amide bonds. The van der Waals surface area contributed by atoms with Crippen molar-refractivity contribution >= 4 is 49.7 Å². The maximum atomic E-state index is 8.93. The molecule has 0 aromatic heterocycles. The van der Waals surface area contributed by atoms with Crippen LogP contribution in [0.15, 0.2) is 0 Å². The Morgan fingerprint density at radius 3 is 1.12 bits per heavy atom. The molecule has 8 heavy (non-hydrogen) atoms. The van der Waals surface area contributed by atoms with Gasteiger partial charge in [-0.1, -0.05) is 0 Å². The maximum absolute atomic E-state index is 8.93. The Morgan fingerprint density at radius 1 is 1.00 bits per heavy atom. The summed E-state index contributed by atoms with van der Waals surface area (Å²) in [6, 6.07) is 0. The van der Waals surface area contributed by atoms with Crippen molar-refractivity contribution in [1.29, 1.82) is 0 Å². The summed E-state index contributed by atoms with van der Waals surface area (Å²) >= 11 is 0. The second-order valence-electron chi connectivity index (χ2n) is 0.575. The second-order valence-corrected chi connectivity index (χ2v) is 0.575. The normalized spacial score (nSPS) is 5.50. The fourth-order valence-electron chi connectivity index (χ4n) is 0. The predicted molar refractivity (Wildman–Crippen MR) is 15.8 cm³/mol. The first-order valence-corrected chi connectivity index (χ1v) is 1.07. The molecular formula is C2CaO4Ti. The van der Waals surface area contributed by atoms with Crippen LogP contribution >= 0.6 is 0 Å². The van der Waals surface area contributed by atoms with Crippen molar-refractivity contribution in [1.82, 2.24) is 0 Å². The third-order valence-corrected chi connectivity index (χ3v) is 0.167. The Hall–Kier alpha value is 0.914. The minimum Gasteiger partial charge on any atom is -0.543 e. The van der Waals surface area contributed by atoms with E-state index in [9.17, 15) is 0 Å². The topological polar surface area (TPSA) is 80.3 Å². The number of carboxylic acids is 2. The van der Waals surface area contributed by atoms with Crippen molar-refractivity contribution in [2.45, 2.75) is 0 Å². The van der Waals surface area contributed by atoms with Gasteiger partial charge in [-0.15, -0.1) is 0 Å². The molecule has 0 aliphatic heterocycles. The number of carbonyl (C=O) groups excluding carboxylic acids is 2. The van der Waals surface area contributed by atoms with Crippen molar-refractivity contribution in [3.8, 4) is 0 Å². The van der Waals surface area contributed by atoms with Crippen molar-refractivity contribution < 1.29 is 41.5 Å². The van der Waals surface area contributed by atoms with Gasteiger partial charge in [-0.05, 0) is 0 Å². The van der Waals surface area contributed by atoms with Gasteiger partial charge in [-0.2, -0.15) is 0 Å². The van der Waals surface area contributed by atoms with E-state index in [1.54, 1.807) is 0 Å². The van der Waals surface area contributed by atoms with Gasteiger partial charge in [0, 0.05) is 21.7 Å². The first kappa shape index (κ1) is 16.0. The first-order valence-electron chi connectivity index (χ1n) is 1.07. The van der Waals surface area contributed by atoms with Gasteiger partial charge in [-0.3, -0.25) is 0 Å². The number of hydrogen-bond acceptors (Lipinski definition) is 4. The second kappa shape index (κ2) is 7.91. The third kappa shape index (κ3) is 10.0. The van der Waals surface area contributed by atoms with Crippen LogP contribution in [0.2, 0.25) is 0 Å². The zero-order chi connectivity index (χ0) is 5.15. The number of aliphatic carboxylic acids is 2.